The van der Waals surface area contributed by atoms with Crippen LogP contribution in [0, 0.1) is 0 Å². The Morgan fingerprint density at radius 3 is 2.52 bits per heavy atom. The minimum absolute atomic E-state index is 0.0728. The van der Waals surface area contributed by atoms with E-state index in [0.717, 1.165) is 19.3 Å². The summed E-state index contributed by atoms with van der Waals surface area (Å²) in [4.78, 5) is 26.2. The van der Waals surface area contributed by atoms with Crippen molar-refractivity contribution in [3.63, 3.8) is 0 Å². The van der Waals surface area contributed by atoms with Crippen LogP contribution in [0.4, 0.5) is 5.69 Å². The topological polar surface area (TPSA) is 67.9 Å². The Bertz CT molecular complexity index is 606. The highest BCUT2D eigenvalue weighted by Crippen LogP contribution is 2.35. The highest BCUT2D eigenvalue weighted by molar-refractivity contribution is 6.40. The Morgan fingerprint density at radius 2 is 1.91 bits per heavy atom. The van der Waals surface area contributed by atoms with Crippen molar-refractivity contribution in [3.05, 3.63) is 17.2 Å². The third-order valence-corrected chi connectivity index (χ3v) is 4.28. The zero-order chi connectivity index (χ0) is 17.0. The van der Waals surface area contributed by atoms with Crippen molar-refractivity contribution in [1.29, 1.82) is 0 Å². The second kappa shape index (κ2) is 7.55. The van der Waals surface area contributed by atoms with Gasteiger partial charge < -0.3 is 19.7 Å². The van der Waals surface area contributed by atoms with Crippen molar-refractivity contribution in [2.45, 2.75) is 32.2 Å². The van der Waals surface area contributed by atoms with E-state index >= 15 is 0 Å². The molecular formula is C16H21ClN2O4. The molecular weight excluding hydrogens is 320 g/mol. The molecule has 0 spiro atoms. The number of nitrogens with zero attached hydrogens (tertiary/aromatic N) is 1. The molecule has 1 aromatic carbocycles. The van der Waals surface area contributed by atoms with Gasteiger partial charge in [-0.05, 0) is 26.2 Å². The molecule has 0 radical (unpaired) electrons. The van der Waals surface area contributed by atoms with Crippen molar-refractivity contribution in [1.82, 2.24) is 4.90 Å². The summed E-state index contributed by atoms with van der Waals surface area (Å²) in [5.41, 5.74) is 0.344. The van der Waals surface area contributed by atoms with Gasteiger partial charge in [0.2, 0.25) is 0 Å². The summed E-state index contributed by atoms with van der Waals surface area (Å²) in [7, 11) is 2.93. The van der Waals surface area contributed by atoms with Gasteiger partial charge in [0.15, 0.2) is 0 Å². The van der Waals surface area contributed by atoms with Gasteiger partial charge in [0, 0.05) is 24.7 Å². The molecule has 2 rings (SSSR count). The Labute approximate surface area is 140 Å². The first kappa shape index (κ1) is 17.4. The number of hydrogen-bond donors (Lipinski definition) is 1. The largest absolute Gasteiger partial charge is 0.495 e. The van der Waals surface area contributed by atoms with Crippen LogP contribution >= 0.6 is 11.6 Å². The van der Waals surface area contributed by atoms with Gasteiger partial charge >= 0.3 is 11.8 Å². The maximum Gasteiger partial charge on any atom is 0.314 e. The van der Waals surface area contributed by atoms with E-state index in [1.807, 2.05) is 6.92 Å². The van der Waals surface area contributed by atoms with E-state index in [2.05, 4.69) is 5.32 Å². The first-order chi connectivity index (χ1) is 11.0. The molecule has 23 heavy (non-hydrogen) atoms. The van der Waals surface area contributed by atoms with Gasteiger partial charge in [0.05, 0.1) is 24.9 Å². The number of anilines is 1. The van der Waals surface area contributed by atoms with Crippen LogP contribution in [0.15, 0.2) is 12.1 Å². The number of halogens is 1. The van der Waals surface area contributed by atoms with Gasteiger partial charge in [0.25, 0.3) is 0 Å². The lowest BCUT2D eigenvalue weighted by atomic mass is 10.0. The average Bonchev–Trinajstić information content (AvgIpc) is 2.55. The summed E-state index contributed by atoms with van der Waals surface area (Å²) in [6, 6.07) is 3.14. The van der Waals surface area contributed by atoms with Gasteiger partial charge in [-0.25, -0.2) is 0 Å². The molecule has 0 aromatic heterocycles. The van der Waals surface area contributed by atoms with Crippen LogP contribution in [0.2, 0.25) is 5.02 Å². The molecule has 1 aromatic rings. The van der Waals surface area contributed by atoms with Crippen molar-refractivity contribution < 1.29 is 19.1 Å². The second-order valence-electron chi connectivity index (χ2n) is 5.48. The lowest BCUT2D eigenvalue weighted by Gasteiger charge is -2.32. The molecule has 1 aliphatic heterocycles. The van der Waals surface area contributed by atoms with E-state index in [9.17, 15) is 9.59 Å². The molecule has 1 heterocycles. The molecule has 2 amide bonds. The van der Waals surface area contributed by atoms with E-state index in [1.165, 1.54) is 26.4 Å². The quantitative estimate of drug-likeness (QED) is 0.859. The van der Waals surface area contributed by atoms with Crippen LogP contribution in [-0.2, 0) is 9.59 Å². The molecule has 1 aliphatic rings. The zero-order valence-corrected chi connectivity index (χ0v) is 14.3. The summed E-state index contributed by atoms with van der Waals surface area (Å²) in [6.07, 6.45) is 2.91. The van der Waals surface area contributed by atoms with E-state index < -0.39 is 11.8 Å². The van der Waals surface area contributed by atoms with Gasteiger partial charge in [-0.15, -0.1) is 0 Å². The number of amides is 2. The van der Waals surface area contributed by atoms with Gasteiger partial charge in [0.1, 0.15) is 11.5 Å². The highest BCUT2D eigenvalue weighted by atomic mass is 35.5. The Hall–Kier alpha value is -1.95. The first-order valence-electron chi connectivity index (χ1n) is 7.51. The predicted octanol–water partition coefficient (Wildman–Crippen LogP) is 2.70. The highest BCUT2D eigenvalue weighted by Gasteiger charge is 2.28. The average molecular weight is 341 g/mol. The maximum atomic E-state index is 12.3. The summed E-state index contributed by atoms with van der Waals surface area (Å²) >= 11 is 6.03. The summed E-state index contributed by atoms with van der Waals surface area (Å²) < 4.78 is 10.3. The van der Waals surface area contributed by atoms with Crippen LogP contribution in [0.3, 0.4) is 0 Å². The molecule has 1 N–H and O–H groups in total. The number of benzene rings is 1. The normalized spacial score (nSPS) is 17.6. The fraction of sp³-hybridized carbons (Fsp3) is 0.500. The molecule has 126 valence electrons. The van der Waals surface area contributed by atoms with Crippen molar-refractivity contribution in [2.75, 3.05) is 26.1 Å². The van der Waals surface area contributed by atoms with Crippen LogP contribution in [0.25, 0.3) is 0 Å². The number of nitrogens with one attached hydrogen (secondary N) is 1. The van der Waals surface area contributed by atoms with Crippen LogP contribution in [0.1, 0.15) is 26.2 Å². The molecule has 1 saturated heterocycles. The molecule has 1 atom stereocenters. The Kier molecular flexibility index (Phi) is 5.71. The number of hydrogen-bond acceptors (Lipinski definition) is 4. The minimum atomic E-state index is -0.693. The molecule has 0 saturated carbocycles. The third kappa shape index (κ3) is 3.88. The van der Waals surface area contributed by atoms with Crippen LogP contribution < -0.4 is 14.8 Å². The molecule has 0 aliphatic carbocycles. The van der Waals surface area contributed by atoms with Crippen molar-refractivity contribution in [2.24, 2.45) is 0 Å². The van der Waals surface area contributed by atoms with Gasteiger partial charge in [-0.3, -0.25) is 9.59 Å². The minimum Gasteiger partial charge on any atom is -0.495 e. The van der Waals surface area contributed by atoms with E-state index in [4.69, 9.17) is 21.1 Å². The van der Waals surface area contributed by atoms with Gasteiger partial charge in [-0.1, -0.05) is 11.6 Å². The summed E-state index contributed by atoms with van der Waals surface area (Å²) in [5.74, 6) is -0.472. The molecule has 7 heteroatoms. The fourth-order valence-corrected chi connectivity index (χ4v) is 2.89. The zero-order valence-electron chi connectivity index (χ0n) is 13.5. The number of carbonyl (C=O) groups excluding carboxylic acids is 2. The first-order valence-corrected chi connectivity index (χ1v) is 7.89. The smallest absolute Gasteiger partial charge is 0.314 e. The van der Waals surface area contributed by atoms with Crippen LogP contribution in [-0.4, -0.2) is 43.5 Å². The van der Waals surface area contributed by atoms with Crippen LogP contribution in [0.5, 0.6) is 11.5 Å². The van der Waals surface area contributed by atoms with E-state index in [-0.39, 0.29) is 6.04 Å². The lowest BCUT2D eigenvalue weighted by molar-refractivity contribution is -0.145. The number of ether oxygens (including phenoxy) is 2. The third-order valence-electron chi connectivity index (χ3n) is 3.98. The SMILES string of the molecule is COc1cc(NC(=O)C(=O)N2CCCCC2C)c(OC)cc1Cl. The molecule has 1 fully saturated rings. The summed E-state index contributed by atoms with van der Waals surface area (Å²) in [6.45, 7) is 2.56. The van der Waals surface area contributed by atoms with E-state index in [1.54, 1.807) is 4.90 Å². The molecule has 0 bridgehead atoms. The Morgan fingerprint density at radius 1 is 1.22 bits per heavy atom. The number of likely N-dealkylation sites (tertiary alicyclic amines) is 1. The molecule has 6 nitrogen and oxygen atoms in total. The van der Waals surface area contributed by atoms with Crippen molar-refractivity contribution >= 4 is 29.1 Å². The van der Waals surface area contributed by atoms with E-state index in [0.29, 0.717) is 28.8 Å². The monoisotopic (exact) mass is 340 g/mol. The van der Waals surface area contributed by atoms with Crippen molar-refractivity contribution in [3.8, 4) is 11.5 Å². The summed E-state index contributed by atoms with van der Waals surface area (Å²) in [5, 5.41) is 2.95. The predicted molar refractivity (Wildman–Crippen MR) is 88.2 cm³/mol. The second-order valence-corrected chi connectivity index (χ2v) is 5.89. The van der Waals surface area contributed by atoms with Gasteiger partial charge in [-0.2, -0.15) is 0 Å². The Balaban J connectivity index is 2.17. The maximum absolute atomic E-state index is 12.3. The molecule has 1 unspecified atom stereocenters. The number of rotatable bonds is 3. The fourth-order valence-electron chi connectivity index (χ4n) is 2.66. The standard InChI is InChI=1S/C16H21ClN2O4/c1-10-6-4-5-7-19(10)16(21)15(20)18-12-9-13(22-2)11(17)8-14(12)23-3/h8-10H,4-7H2,1-3H3,(H,18,20). The lowest BCUT2D eigenvalue weighted by Crippen LogP contribution is -2.47. The number of methoxy groups -OCH3 is 2. The number of carbonyl (C=O) groups is 2. The number of piperidine rings is 1.